The van der Waals surface area contributed by atoms with Crippen LogP contribution in [0.3, 0.4) is 0 Å². The van der Waals surface area contributed by atoms with Crippen LogP contribution in [0.2, 0.25) is 0 Å². The summed E-state index contributed by atoms with van der Waals surface area (Å²) >= 11 is 0. The van der Waals surface area contributed by atoms with E-state index in [4.69, 9.17) is 4.98 Å². The zero-order chi connectivity index (χ0) is 13.9. The summed E-state index contributed by atoms with van der Waals surface area (Å²) in [5.41, 5.74) is 5.13. The molecule has 0 radical (unpaired) electrons. The molecule has 0 saturated heterocycles. The average molecular weight is 268 g/mol. The van der Waals surface area contributed by atoms with Gasteiger partial charge in [0.2, 0.25) is 0 Å². The van der Waals surface area contributed by atoms with Gasteiger partial charge in [-0.3, -0.25) is 4.98 Å². The van der Waals surface area contributed by atoms with Crippen molar-refractivity contribution < 1.29 is 0 Å². The highest BCUT2D eigenvalue weighted by atomic mass is 14.8. The summed E-state index contributed by atoms with van der Waals surface area (Å²) in [6.45, 7) is 2.23. The van der Waals surface area contributed by atoms with Gasteiger partial charge in [-0.05, 0) is 30.9 Å². The molecule has 20 heavy (non-hydrogen) atoms. The lowest BCUT2D eigenvalue weighted by atomic mass is 9.99. The molecule has 1 aliphatic rings. The van der Waals surface area contributed by atoms with Gasteiger partial charge in [0.1, 0.15) is 0 Å². The number of pyridine rings is 1. The molecule has 0 aliphatic heterocycles. The summed E-state index contributed by atoms with van der Waals surface area (Å²) in [7, 11) is 2.01. The number of nitrogens with one attached hydrogen (secondary N) is 1. The van der Waals surface area contributed by atoms with E-state index >= 15 is 0 Å². The number of benzene rings is 1. The Kier molecular flexibility index (Phi) is 3.90. The Morgan fingerprint density at radius 3 is 2.75 bits per heavy atom. The molecule has 0 atom stereocenters. The van der Waals surface area contributed by atoms with Gasteiger partial charge >= 0.3 is 0 Å². The lowest BCUT2D eigenvalue weighted by Crippen LogP contribution is -2.02. The van der Waals surface area contributed by atoms with Crippen LogP contribution in [-0.2, 0) is 6.42 Å². The van der Waals surface area contributed by atoms with Gasteiger partial charge in [0, 0.05) is 29.7 Å². The highest BCUT2D eigenvalue weighted by molar-refractivity contribution is 5.93. The number of fused-ring (bicyclic) bond motifs is 1. The number of rotatable bonds is 4. The standard InChI is InChI=1S/C18H24N2/c1-3-7-14-10-6-11-15-17(19-2)12-16(20-18(14)15)13-8-4-5-9-13/h6,10-13H,3-5,7-9H2,1-2H3,(H,19,20). The van der Waals surface area contributed by atoms with Crippen molar-refractivity contribution >= 4 is 16.6 Å². The lowest BCUT2D eigenvalue weighted by Gasteiger charge is -2.15. The number of para-hydroxylation sites is 1. The van der Waals surface area contributed by atoms with E-state index in [-0.39, 0.29) is 0 Å². The third kappa shape index (κ3) is 2.39. The van der Waals surface area contributed by atoms with Gasteiger partial charge in [0.15, 0.2) is 0 Å². The summed E-state index contributed by atoms with van der Waals surface area (Å²) < 4.78 is 0. The van der Waals surface area contributed by atoms with E-state index in [1.165, 1.54) is 60.0 Å². The number of hydrogen-bond donors (Lipinski definition) is 1. The summed E-state index contributed by atoms with van der Waals surface area (Å²) in [6.07, 6.45) is 7.60. The number of aryl methyl sites for hydroxylation is 1. The number of nitrogens with zero attached hydrogens (tertiary/aromatic N) is 1. The van der Waals surface area contributed by atoms with Crippen LogP contribution in [0.5, 0.6) is 0 Å². The molecule has 0 amide bonds. The van der Waals surface area contributed by atoms with Crippen molar-refractivity contribution in [1.82, 2.24) is 4.98 Å². The van der Waals surface area contributed by atoms with Gasteiger partial charge in [-0.25, -0.2) is 0 Å². The van der Waals surface area contributed by atoms with Crippen molar-refractivity contribution in [3.63, 3.8) is 0 Å². The van der Waals surface area contributed by atoms with Crippen molar-refractivity contribution in [3.05, 3.63) is 35.5 Å². The topological polar surface area (TPSA) is 24.9 Å². The fourth-order valence-electron chi connectivity index (χ4n) is 3.44. The molecule has 1 saturated carbocycles. The average Bonchev–Trinajstić information content (AvgIpc) is 3.01. The first kappa shape index (κ1) is 13.4. The van der Waals surface area contributed by atoms with E-state index in [9.17, 15) is 0 Å². The molecule has 2 nitrogen and oxygen atoms in total. The van der Waals surface area contributed by atoms with Crippen LogP contribution in [0.15, 0.2) is 24.3 Å². The van der Waals surface area contributed by atoms with Crippen molar-refractivity contribution in [1.29, 1.82) is 0 Å². The van der Waals surface area contributed by atoms with E-state index in [1.54, 1.807) is 0 Å². The Morgan fingerprint density at radius 2 is 2.05 bits per heavy atom. The van der Waals surface area contributed by atoms with Gasteiger partial charge in [-0.1, -0.05) is 44.4 Å². The van der Waals surface area contributed by atoms with Crippen molar-refractivity contribution in [2.75, 3.05) is 12.4 Å². The minimum Gasteiger partial charge on any atom is -0.388 e. The summed E-state index contributed by atoms with van der Waals surface area (Å²) in [6, 6.07) is 8.85. The molecule has 1 aromatic carbocycles. The second-order valence-corrected chi connectivity index (χ2v) is 5.89. The zero-order valence-electron chi connectivity index (χ0n) is 12.6. The van der Waals surface area contributed by atoms with Crippen LogP contribution in [-0.4, -0.2) is 12.0 Å². The fraction of sp³-hybridized carbons (Fsp3) is 0.500. The van der Waals surface area contributed by atoms with Crippen molar-refractivity contribution in [2.45, 2.75) is 51.4 Å². The van der Waals surface area contributed by atoms with Crippen molar-refractivity contribution in [2.24, 2.45) is 0 Å². The monoisotopic (exact) mass is 268 g/mol. The van der Waals surface area contributed by atoms with Crippen LogP contribution in [0.4, 0.5) is 5.69 Å². The number of anilines is 1. The van der Waals surface area contributed by atoms with Gasteiger partial charge in [-0.2, -0.15) is 0 Å². The molecule has 1 N–H and O–H groups in total. The Labute approximate surface area is 121 Å². The molecule has 2 heteroatoms. The fourth-order valence-corrected chi connectivity index (χ4v) is 3.44. The molecule has 1 heterocycles. The number of aromatic nitrogens is 1. The first-order chi connectivity index (χ1) is 9.83. The van der Waals surface area contributed by atoms with E-state index in [2.05, 4.69) is 36.5 Å². The van der Waals surface area contributed by atoms with Crippen LogP contribution in [0.1, 0.15) is 56.2 Å². The second-order valence-electron chi connectivity index (χ2n) is 5.89. The molecule has 106 valence electrons. The van der Waals surface area contributed by atoms with Gasteiger partial charge in [0.25, 0.3) is 0 Å². The Bertz CT molecular complexity index is 598. The maximum Gasteiger partial charge on any atom is 0.0758 e. The van der Waals surface area contributed by atoms with Crippen LogP contribution >= 0.6 is 0 Å². The third-order valence-electron chi connectivity index (χ3n) is 4.51. The van der Waals surface area contributed by atoms with Crippen LogP contribution < -0.4 is 5.32 Å². The summed E-state index contributed by atoms with van der Waals surface area (Å²) in [4.78, 5) is 5.04. The highest BCUT2D eigenvalue weighted by Gasteiger charge is 2.20. The van der Waals surface area contributed by atoms with Gasteiger partial charge in [0.05, 0.1) is 5.52 Å². The quantitative estimate of drug-likeness (QED) is 0.854. The molecular weight excluding hydrogens is 244 g/mol. The van der Waals surface area contributed by atoms with Gasteiger partial charge in [-0.15, -0.1) is 0 Å². The molecule has 2 aromatic rings. The smallest absolute Gasteiger partial charge is 0.0758 e. The third-order valence-corrected chi connectivity index (χ3v) is 4.51. The summed E-state index contributed by atoms with van der Waals surface area (Å²) in [5.74, 6) is 0.668. The maximum absolute atomic E-state index is 5.04. The number of hydrogen-bond acceptors (Lipinski definition) is 2. The normalized spacial score (nSPS) is 15.9. The Morgan fingerprint density at radius 1 is 1.25 bits per heavy atom. The first-order valence-corrected chi connectivity index (χ1v) is 7.93. The predicted octanol–water partition coefficient (Wildman–Crippen LogP) is 4.89. The predicted molar refractivity (Wildman–Crippen MR) is 86.5 cm³/mol. The minimum absolute atomic E-state index is 0.668. The molecule has 1 aromatic heterocycles. The second kappa shape index (κ2) is 5.82. The maximum atomic E-state index is 5.04. The van der Waals surface area contributed by atoms with E-state index in [1.807, 2.05) is 7.05 Å². The largest absolute Gasteiger partial charge is 0.388 e. The first-order valence-electron chi connectivity index (χ1n) is 7.93. The van der Waals surface area contributed by atoms with E-state index in [0.29, 0.717) is 5.92 Å². The molecule has 0 spiro atoms. The highest BCUT2D eigenvalue weighted by Crippen LogP contribution is 2.36. The van der Waals surface area contributed by atoms with Crippen LogP contribution in [0.25, 0.3) is 10.9 Å². The van der Waals surface area contributed by atoms with Crippen molar-refractivity contribution in [3.8, 4) is 0 Å². The molecule has 1 fully saturated rings. The molecule has 1 aliphatic carbocycles. The van der Waals surface area contributed by atoms with Crippen LogP contribution in [0, 0.1) is 0 Å². The van der Waals surface area contributed by atoms with E-state index < -0.39 is 0 Å². The lowest BCUT2D eigenvalue weighted by molar-refractivity contribution is 0.701. The van der Waals surface area contributed by atoms with E-state index in [0.717, 1.165) is 6.42 Å². The summed E-state index contributed by atoms with van der Waals surface area (Å²) in [5, 5.41) is 4.63. The Balaban J connectivity index is 2.15. The minimum atomic E-state index is 0.668. The molecule has 0 bridgehead atoms. The Hall–Kier alpha value is -1.57. The molecule has 0 unspecified atom stereocenters. The SMILES string of the molecule is CCCc1cccc2c(NC)cc(C3CCCC3)nc12. The zero-order valence-corrected chi connectivity index (χ0v) is 12.6. The molecular formula is C18H24N2. The molecule has 3 rings (SSSR count). The van der Waals surface area contributed by atoms with Gasteiger partial charge < -0.3 is 5.32 Å².